The van der Waals surface area contributed by atoms with Crippen LogP contribution in [0, 0.1) is 11.3 Å². The Hall–Kier alpha value is -3.64. The number of fused-ring (bicyclic) bond motifs is 1. The number of sulfonamides is 1. The van der Waals surface area contributed by atoms with E-state index in [0.29, 0.717) is 25.1 Å². The van der Waals surface area contributed by atoms with Crippen LogP contribution in [-0.2, 0) is 29.5 Å². The molecule has 0 aliphatic carbocycles. The van der Waals surface area contributed by atoms with Gasteiger partial charge in [0.15, 0.2) is 0 Å². The highest BCUT2D eigenvalue weighted by molar-refractivity contribution is 7.89. The minimum atomic E-state index is -3.80. The molecule has 1 aromatic heterocycles. The lowest BCUT2D eigenvalue weighted by Gasteiger charge is -2.32. The average Bonchev–Trinajstić information content (AvgIpc) is 3.35. The van der Waals surface area contributed by atoms with Gasteiger partial charge in [-0.2, -0.15) is 9.57 Å². The fourth-order valence-electron chi connectivity index (χ4n) is 4.62. The lowest BCUT2D eigenvalue weighted by Crippen LogP contribution is -2.45. The molecule has 5 rings (SSSR count). The molecule has 1 aliphatic heterocycles. The molecule has 0 saturated heterocycles. The highest BCUT2D eigenvalue weighted by Crippen LogP contribution is 2.33. The van der Waals surface area contributed by atoms with E-state index in [1.165, 1.54) is 0 Å². The summed E-state index contributed by atoms with van der Waals surface area (Å²) >= 11 is 0. The topological polar surface area (TPSA) is 93.1 Å². The van der Waals surface area contributed by atoms with Crippen LogP contribution >= 0.6 is 12.4 Å². The Morgan fingerprint density at radius 3 is 2.42 bits per heavy atom. The molecule has 0 unspecified atom stereocenters. The van der Waals surface area contributed by atoms with Crippen molar-refractivity contribution in [1.82, 2.24) is 14.3 Å². The van der Waals surface area contributed by atoms with Crippen molar-refractivity contribution in [1.29, 1.82) is 5.26 Å². The van der Waals surface area contributed by atoms with Gasteiger partial charge in [0.25, 0.3) is 0 Å². The number of hydrogen-bond acceptors (Lipinski definition) is 5. The number of hydrogen-bond donors (Lipinski definition) is 1. The zero-order valence-electron chi connectivity index (χ0n) is 19.5. The van der Waals surface area contributed by atoms with Crippen molar-refractivity contribution in [3.05, 3.63) is 114 Å². The zero-order chi connectivity index (χ0) is 24.3. The van der Waals surface area contributed by atoms with Crippen LogP contribution < -0.4 is 4.90 Å². The predicted molar refractivity (Wildman–Crippen MR) is 141 cm³/mol. The van der Waals surface area contributed by atoms with Crippen LogP contribution in [0.4, 0.5) is 5.69 Å². The maximum absolute atomic E-state index is 14.0. The highest BCUT2D eigenvalue weighted by atomic mass is 35.5. The number of imidazole rings is 1. The molecule has 1 aliphatic rings. The summed E-state index contributed by atoms with van der Waals surface area (Å²) in [5, 5.41) is 9.52. The minimum absolute atomic E-state index is 0. The lowest BCUT2D eigenvalue weighted by molar-refractivity contribution is 0.318. The van der Waals surface area contributed by atoms with E-state index in [-0.39, 0.29) is 29.9 Å². The Morgan fingerprint density at radius 1 is 1.03 bits per heavy atom. The quantitative estimate of drug-likeness (QED) is 0.404. The number of nitrogens with one attached hydrogen (secondary N) is 1. The van der Waals surface area contributed by atoms with E-state index in [4.69, 9.17) is 0 Å². The van der Waals surface area contributed by atoms with E-state index in [9.17, 15) is 13.7 Å². The van der Waals surface area contributed by atoms with Gasteiger partial charge in [-0.1, -0.05) is 48.5 Å². The summed E-state index contributed by atoms with van der Waals surface area (Å²) in [7, 11) is -3.80. The highest BCUT2D eigenvalue weighted by Gasteiger charge is 2.36. The van der Waals surface area contributed by atoms with Crippen molar-refractivity contribution in [3.8, 4) is 6.07 Å². The molecule has 184 valence electrons. The molecule has 1 N–H and O–H groups in total. The average molecular weight is 520 g/mol. The normalized spacial score (nSPS) is 15.9. The van der Waals surface area contributed by atoms with Crippen LogP contribution in [0.15, 0.2) is 96.3 Å². The number of nitriles is 1. The zero-order valence-corrected chi connectivity index (χ0v) is 21.1. The standard InChI is InChI=1S/C27H25N5O2S.ClH/c28-15-22-11-12-27-23(13-22)17-32(35(33,34)26-9-5-2-6-10-26)25(14-21-7-3-1-4-8-21)19-31(27)18-24-16-29-20-30-24;/h1-13,16,20,25H,14,17-19H2,(H,29,30);1H/t25-;/m1./s1. The minimum Gasteiger partial charge on any atom is -0.364 e. The summed E-state index contributed by atoms with van der Waals surface area (Å²) in [4.78, 5) is 9.74. The molecule has 0 amide bonds. The van der Waals surface area contributed by atoms with E-state index < -0.39 is 10.0 Å². The van der Waals surface area contributed by atoms with Crippen LogP contribution in [0.1, 0.15) is 22.4 Å². The fraction of sp³-hybridized carbons (Fsp3) is 0.185. The number of halogens is 1. The van der Waals surface area contributed by atoms with Gasteiger partial charge < -0.3 is 9.88 Å². The van der Waals surface area contributed by atoms with Gasteiger partial charge >= 0.3 is 0 Å². The first-order valence-corrected chi connectivity index (χ1v) is 12.8. The molecule has 0 spiro atoms. The van der Waals surface area contributed by atoms with Crippen molar-refractivity contribution in [2.75, 3.05) is 11.4 Å². The number of aromatic nitrogens is 2. The Bertz CT molecular complexity index is 1440. The lowest BCUT2D eigenvalue weighted by atomic mass is 10.1. The third kappa shape index (κ3) is 5.29. The molecule has 0 saturated carbocycles. The van der Waals surface area contributed by atoms with Crippen LogP contribution in [0.2, 0.25) is 0 Å². The van der Waals surface area contributed by atoms with Gasteiger partial charge in [-0.15, -0.1) is 12.4 Å². The molecule has 7 nitrogen and oxygen atoms in total. The van der Waals surface area contributed by atoms with Gasteiger partial charge in [-0.25, -0.2) is 13.4 Å². The molecule has 2 heterocycles. The van der Waals surface area contributed by atoms with Crippen LogP contribution in [-0.4, -0.2) is 35.3 Å². The Labute approximate surface area is 217 Å². The molecule has 9 heteroatoms. The third-order valence-corrected chi connectivity index (χ3v) is 8.21. The summed E-state index contributed by atoms with van der Waals surface area (Å²) in [5.74, 6) is 0. The maximum Gasteiger partial charge on any atom is 0.243 e. The summed E-state index contributed by atoms with van der Waals surface area (Å²) in [6.07, 6.45) is 3.98. The Kier molecular flexibility index (Phi) is 7.75. The third-order valence-electron chi connectivity index (χ3n) is 6.29. The second kappa shape index (κ2) is 11.0. The molecular formula is C27H26ClN5O2S. The van der Waals surface area contributed by atoms with Crippen molar-refractivity contribution in [3.63, 3.8) is 0 Å². The van der Waals surface area contributed by atoms with Gasteiger partial charge in [0, 0.05) is 31.0 Å². The first kappa shape index (κ1) is 25.5. The first-order valence-electron chi connectivity index (χ1n) is 11.4. The van der Waals surface area contributed by atoms with Crippen molar-refractivity contribution >= 4 is 28.1 Å². The molecule has 0 fully saturated rings. The van der Waals surface area contributed by atoms with Gasteiger partial charge in [-0.3, -0.25) is 0 Å². The Balaban J connectivity index is 0.00000304. The first-order chi connectivity index (χ1) is 17.0. The van der Waals surface area contributed by atoms with Crippen molar-refractivity contribution in [2.24, 2.45) is 0 Å². The number of aromatic amines is 1. The number of benzene rings is 3. The van der Waals surface area contributed by atoms with E-state index in [2.05, 4.69) is 20.9 Å². The summed E-state index contributed by atoms with van der Waals surface area (Å²) < 4.78 is 29.5. The van der Waals surface area contributed by atoms with Crippen LogP contribution in [0.5, 0.6) is 0 Å². The summed E-state index contributed by atoms with van der Waals surface area (Å²) in [5.41, 5.74) is 4.22. The molecule has 3 aromatic carbocycles. The smallest absolute Gasteiger partial charge is 0.243 e. The van der Waals surface area contributed by atoms with E-state index in [1.54, 1.807) is 53.2 Å². The number of H-pyrrole nitrogens is 1. The molecule has 0 bridgehead atoms. The predicted octanol–water partition coefficient (Wildman–Crippen LogP) is 4.53. The largest absolute Gasteiger partial charge is 0.364 e. The molecule has 36 heavy (non-hydrogen) atoms. The van der Waals surface area contributed by atoms with Gasteiger partial charge in [0.1, 0.15) is 0 Å². The van der Waals surface area contributed by atoms with Crippen molar-refractivity contribution in [2.45, 2.75) is 30.4 Å². The molecule has 0 radical (unpaired) electrons. The van der Waals surface area contributed by atoms with E-state index in [0.717, 1.165) is 22.5 Å². The van der Waals surface area contributed by atoms with Gasteiger partial charge in [0.05, 0.1) is 35.1 Å². The summed E-state index contributed by atoms with van der Waals surface area (Å²) in [6.45, 7) is 1.21. The molecule has 4 aromatic rings. The van der Waals surface area contributed by atoms with Gasteiger partial charge in [-0.05, 0) is 47.9 Å². The SMILES string of the molecule is Cl.N#Cc1ccc2c(c1)CN(S(=O)(=O)c1ccccc1)[C@H](Cc1ccccc1)CN2Cc1cnc[nH]1. The monoisotopic (exact) mass is 519 g/mol. The number of nitrogens with zero attached hydrogens (tertiary/aromatic N) is 4. The van der Waals surface area contributed by atoms with Crippen molar-refractivity contribution < 1.29 is 8.42 Å². The number of anilines is 1. The maximum atomic E-state index is 14.0. The van der Waals surface area contributed by atoms with Crippen LogP contribution in [0.25, 0.3) is 0 Å². The Morgan fingerprint density at radius 2 is 1.75 bits per heavy atom. The number of rotatable bonds is 6. The van der Waals surface area contributed by atoms with E-state index in [1.807, 2.05) is 42.5 Å². The second-order valence-electron chi connectivity index (χ2n) is 8.62. The van der Waals surface area contributed by atoms with Gasteiger partial charge in [0.2, 0.25) is 10.0 Å². The van der Waals surface area contributed by atoms with Crippen LogP contribution in [0.3, 0.4) is 0 Å². The fourth-order valence-corrected chi connectivity index (χ4v) is 6.23. The second-order valence-corrected chi connectivity index (χ2v) is 10.5. The molecule has 1 atom stereocenters. The molecular weight excluding hydrogens is 494 g/mol. The van der Waals surface area contributed by atoms with E-state index >= 15 is 0 Å². The summed E-state index contributed by atoms with van der Waals surface area (Å²) in [6, 6.07) is 25.9.